The number of hydrogen-bond donors (Lipinski definition) is 0. The topological polar surface area (TPSA) is 109 Å². The lowest BCUT2D eigenvalue weighted by atomic mass is 9.73. The highest BCUT2D eigenvalue weighted by Crippen LogP contribution is 2.40. The maximum atomic E-state index is 13.1. The highest BCUT2D eigenvalue weighted by atomic mass is 16.6. The van der Waals surface area contributed by atoms with Crippen LogP contribution in [-0.4, -0.2) is 32.7 Å². The summed E-state index contributed by atoms with van der Waals surface area (Å²) >= 11 is 0. The van der Waals surface area contributed by atoms with Crippen LogP contribution in [0.25, 0.3) is 0 Å². The smallest absolute Gasteiger partial charge is 0.287 e. The Morgan fingerprint density at radius 3 is 2.23 bits per heavy atom. The van der Waals surface area contributed by atoms with Gasteiger partial charge in [-0.25, -0.2) is 4.98 Å². The molecule has 1 aromatic heterocycles. The number of benzene rings is 1. The maximum absolute atomic E-state index is 13.1. The number of pyridine rings is 1. The number of ketones is 2. The van der Waals surface area contributed by atoms with Gasteiger partial charge in [0.2, 0.25) is 5.88 Å². The number of ether oxygens (including phenoxy) is 2. The maximum Gasteiger partial charge on any atom is 0.287 e. The number of carbonyl (C=O) groups is 2. The van der Waals surface area contributed by atoms with Crippen molar-refractivity contribution in [2.24, 2.45) is 0 Å². The second-order valence-corrected chi connectivity index (χ2v) is 8.21. The molecule has 1 aliphatic rings. The van der Waals surface area contributed by atoms with E-state index in [1.807, 2.05) is 13.0 Å². The van der Waals surface area contributed by atoms with Crippen molar-refractivity contribution in [3.8, 4) is 11.6 Å². The van der Waals surface area contributed by atoms with Crippen molar-refractivity contribution in [2.75, 3.05) is 0 Å². The van der Waals surface area contributed by atoms with Crippen LogP contribution in [0.5, 0.6) is 11.6 Å². The lowest BCUT2D eigenvalue weighted by Crippen LogP contribution is -2.58. The number of nitrogens with zero attached hydrogens (tertiary/aromatic N) is 2. The van der Waals surface area contributed by atoms with Crippen molar-refractivity contribution < 1.29 is 24.0 Å². The quantitative estimate of drug-likeness (QED) is 0.412. The minimum Gasteiger partial charge on any atom is -0.439 e. The third-order valence-electron chi connectivity index (χ3n) is 5.18. The molecule has 0 unspecified atom stereocenters. The average Bonchev–Trinajstić information content (AvgIpc) is 2.67. The Balaban J connectivity index is 2.01. The van der Waals surface area contributed by atoms with Crippen LogP contribution in [-0.2, 0) is 20.7 Å². The fourth-order valence-corrected chi connectivity index (χ4v) is 3.72. The fraction of sp³-hybridized carbons (Fsp3) is 0.409. The highest BCUT2D eigenvalue weighted by Gasteiger charge is 2.53. The molecule has 158 valence electrons. The van der Waals surface area contributed by atoms with E-state index < -0.39 is 22.0 Å². The van der Waals surface area contributed by atoms with Crippen LogP contribution in [0.3, 0.4) is 0 Å². The Labute approximate surface area is 174 Å². The van der Waals surface area contributed by atoms with Gasteiger partial charge >= 0.3 is 0 Å². The summed E-state index contributed by atoms with van der Waals surface area (Å²) in [6, 6.07) is 7.88. The Morgan fingerprint density at radius 2 is 1.73 bits per heavy atom. The summed E-state index contributed by atoms with van der Waals surface area (Å²) in [5.41, 5.74) is -0.920. The van der Waals surface area contributed by atoms with Crippen molar-refractivity contribution in [1.82, 2.24) is 4.98 Å². The van der Waals surface area contributed by atoms with E-state index in [-0.39, 0.29) is 23.1 Å². The molecule has 0 spiro atoms. The lowest BCUT2D eigenvalue weighted by Gasteiger charge is -2.43. The fourth-order valence-electron chi connectivity index (χ4n) is 3.72. The highest BCUT2D eigenvalue weighted by molar-refractivity contribution is 6.15. The van der Waals surface area contributed by atoms with E-state index in [1.54, 1.807) is 39.8 Å². The summed E-state index contributed by atoms with van der Waals surface area (Å²) in [7, 11) is 0. The van der Waals surface area contributed by atoms with Crippen molar-refractivity contribution in [3.63, 3.8) is 0 Å². The molecule has 2 aromatic rings. The number of nitro groups is 1. The van der Waals surface area contributed by atoms with Gasteiger partial charge in [-0.2, -0.15) is 0 Å². The van der Waals surface area contributed by atoms with E-state index in [9.17, 15) is 19.7 Å². The first kappa shape index (κ1) is 21.6. The van der Waals surface area contributed by atoms with Crippen molar-refractivity contribution in [1.29, 1.82) is 0 Å². The van der Waals surface area contributed by atoms with Crippen molar-refractivity contribution in [2.45, 2.75) is 58.2 Å². The van der Waals surface area contributed by atoms with Gasteiger partial charge in [-0.15, -0.1) is 0 Å². The Morgan fingerprint density at radius 1 is 1.10 bits per heavy atom. The predicted octanol–water partition coefficient (Wildman–Crippen LogP) is 4.15. The molecular weight excluding hydrogens is 388 g/mol. The summed E-state index contributed by atoms with van der Waals surface area (Å²) < 4.78 is 11.5. The number of hydrogen-bond acceptors (Lipinski definition) is 7. The Kier molecular flexibility index (Phi) is 5.47. The van der Waals surface area contributed by atoms with E-state index in [2.05, 4.69) is 4.98 Å². The van der Waals surface area contributed by atoms with Crippen LogP contribution in [0.4, 0.5) is 5.69 Å². The van der Waals surface area contributed by atoms with Crippen LogP contribution < -0.4 is 4.74 Å². The van der Waals surface area contributed by atoms with E-state index in [0.29, 0.717) is 17.7 Å². The first-order chi connectivity index (χ1) is 14.0. The van der Waals surface area contributed by atoms with Gasteiger partial charge in [0.05, 0.1) is 4.92 Å². The molecular formula is C22H24N2O6. The van der Waals surface area contributed by atoms with Gasteiger partial charge in [0.25, 0.3) is 5.69 Å². The summed E-state index contributed by atoms with van der Waals surface area (Å²) in [5.74, 6) is -1.02. The van der Waals surface area contributed by atoms with Crippen LogP contribution in [0.2, 0.25) is 0 Å². The summed E-state index contributed by atoms with van der Waals surface area (Å²) in [6.45, 7) is 8.63. The molecule has 2 heterocycles. The first-order valence-electron chi connectivity index (χ1n) is 9.66. The second-order valence-electron chi connectivity index (χ2n) is 8.21. The molecule has 0 atom stereocenters. The lowest BCUT2D eigenvalue weighted by molar-refractivity contribution is -0.385. The van der Waals surface area contributed by atoms with E-state index >= 15 is 0 Å². The predicted molar refractivity (Wildman–Crippen MR) is 109 cm³/mol. The van der Waals surface area contributed by atoms with E-state index in [4.69, 9.17) is 9.47 Å². The molecule has 0 bridgehead atoms. The van der Waals surface area contributed by atoms with Crippen LogP contribution in [0, 0.1) is 10.1 Å². The molecule has 0 radical (unpaired) electrons. The molecule has 1 aliphatic heterocycles. The van der Waals surface area contributed by atoms with Crippen LogP contribution in [0.15, 0.2) is 36.5 Å². The number of carbonyl (C=O) groups excluding carboxylic acids is 2. The zero-order valence-corrected chi connectivity index (χ0v) is 17.6. The van der Waals surface area contributed by atoms with E-state index in [1.165, 1.54) is 12.1 Å². The number of rotatable bonds is 5. The van der Waals surface area contributed by atoms with Gasteiger partial charge in [0, 0.05) is 12.1 Å². The van der Waals surface area contributed by atoms with Gasteiger partial charge in [-0.05, 0) is 57.4 Å². The minimum atomic E-state index is -1.11. The van der Waals surface area contributed by atoms with Gasteiger partial charge in [-0.3, -0.25) is 19.7 Å². The summed E-state index contributed by atoms with van der Waals surface area (Å²) in [5, 5.41) is 10.8. The molecule has 8 nitrogen and oxygen atoms in total. The molecule has 0 N–H and O–H groups in total. The van der Waals surface area contributed by atoms with Crippen molar-refractivity contribution >= 4 is 17.3 Å². The number of aryl methyl sites for hydroxylation is 1. The molecule has 1 aromatic carbocycles. The Bertz CT molecular complexity index is 985. The average molecular weight is 412 g/mol. The molecule has 0 amide bonds. The SMILES string of the molecule is CCc1ccc(Oc2ccc([N+](=O)[O-])cn2)cc1C1C(=O)C(C)(C)OC(C)(C)C1=O. The minimum absolute atomic E-state index is 0.146. The van der Waals surface area contributed by atoms with Gasteiger partial charge in [0.15, 0.2) is 11.6 Å². The normalized spacial score (nSPS) is 18.3. The largest absolute Gasteiger partial charge is 0.439 e. The standard InChI is InChI=1S/C22H24N2O6/c1-6-13-7-9-15(29-17-10-8-14(12-23-17)24(27)28)11-16(13)18-19(25)21(2,3)30-22(4,5)20(18)26/h7-12,18H,6H2,1-5H3. The molecule has 3 rings (SSSR count). The van der Waals surface area contributed by atoms with Gasteiger partial charge in [-0.1, -0.05) is 13.0 Å². The summed E-state index contributed by atoms with van der Waals surface area (Å²) in [4.78, 5) is 40.4. The zero-order valence-electron chi connectivity index (χ0n) is 17.6. The number of Topliss-reactive ketones (excluding diaryl/α,β-unsaturated/α-hetero) is 2. The first-order valence-corrected chi connectivity index (χ1v) is 9.66. The van der Waals surface area contributed by atoms with Crippen LogP contribution in [0.1, 0.15) is 51.7 Å². The van der Waals surface area contributed by atoms with E-state index in [0.717, 1.165) is 11.8 Å². The zero-order chi connectivity index (χ0) is 22.3. The van der Waals surface area contributed by atoms with Crippen LogP contribution >= 0.6 is 0 Å². The molecule has 8 heteroatoms. The molecule has 0 aliphatic carbocycles. The number of aromatic nitrogens is 1. The van der Waals surface area contributed by atoms with Crippen molar-refractivity contribution in [3.05, 3.63) is 57.8 Å². The molecule has 0 saturated carbocycles. The third-order valence-corrected chi connectivity index (χ3v) is 5.18. The van der Waals surface area contributed by atoms with Gasteiger partial charge < -0.3 is 9.47 Å². The monoisotopic (exact) mass is 412 g/mol. The molecule has 1 saturated heterocycles. The second kappa shape index (κ2) is 7.60. The summed E-state index contributed by atoms with van der Waals surface area (Å²) in [6.07, 6.45) is 1.73. The molecule has 30 heavy (non-hydrogen) atoms. The Hall–Kier alpha value is -3.13. The third kappa shape index (κ3) is 3.95. The molecule has 1 fully saturated rings. The van der Waals surface area contributed by atoms with Gasteiger partial charge in [0.1, 0.15) is 29.1 Å².